The number of Topliss-reactive ketones (excluding diaryl/α,β-unsaturated/α-hetero) is 1. The largest absolute Gasteiger partial charge is 0.462 e. The van der Waals surface area contributed by atoms with Crippen LogP contribution in [0, 0.1) is 22.7 Å². The Bertz CT molecular complexity index is 854. The van der Waals surface area contributed by atoms with Gasteiger partial charge in [0.05, 0.1) is 0 Å². The minimum atomic E-state index is -1.01. The number of ketones is 1. The molecule has 4 rings (SSSR count). The van der Waals surface area contributed by atoms with Crippen LogP contribution in [0.2, 0.25) is 0 Å². The molecule has 0 aromatic heterocycles. The molecule has 5 heteroatoms. The van der Waals surface area contributed by atoms with Gasteiger partial charge in [0.25, 0.3) is 0 Å². The van der Waals surface area contributed by atoms with Crippen LogP contribution in [0.3, 0.4) is 0 Å². The quantitative estimate of drug-likeness (QED) is 0.627. The van der Waals surface area contributed by atoms with Gasteiger partial charge in [-0.1, -0.05) is 37.1 Å². The van der Waals surface area contributed by atoms with Gasteiger partial charge < -0.3 is 9.47 Å². The molecule has 0 spiro atoms. The lowest BCUT2D eigenvalue weighted by molar-refractivity contribution is -0.181. The molecular weight excluding hydrogens is 380 g/mol. The van der Waals surface area contributed by atoms with Gasteiger partial charge in [-0.15, -0.1) is 0 Å². The summed E-state index contributed by atoms with van der Waals surface area (Å²) in [6, 6.07) is 0. The van der Waals surface area contributed by atoms with Crippen LogP contribution in [-0.2, 0) is 23.9 Å². The van der Waals surface area contributed by atoms with Crippen molar-refractivity contribution in [3.05, 3.63) is 23.3 Å². The molecule has 0 heterocycles. The molecule has 0 aromatic carbocycles. The summed E-state index contributed by atoms with van der Waals surface area (Å²) in [7, 11) is 0. The van der Waals surface area contributed by atoms with E-state index in [-0.39, 0.29) is 40.6 Å². The lowest BCUT2D eigenvalue weighted by Crippen LogP contribution is -2.56. The van der Waals surface area contributed by atoms with Gasteiger partial charge in [0.2, 0.25) is 0 Å². The average molecular weight is 415 g/mol. The molecule has 3 saturated carbocycles. The summed E-state index contributed by atoms with van der Waals surface area (Å²) in [6.45, 7) is 8.99. The van der Waals surface area contributed by atoms with Gasteiger partial charge >= 0.3 is 11.9 Å². The monoisotopic (exact) mass is 414 g/mol. The maximum absolute atomic E-state index is 12.8. The predicted octanol–water partition coefficient (Wildman–Crippen LogP) is 4.69. The van der Waals surface area contributed by atoms with Crippen molar-refractivity contribution in [2.45, 2.75) is 91.3 Å². The Labute approximate surface area is 179 Å². The molecule has 0 radical (unpaired) electrons. The molecule has 0 saturated heterocycles. The van der Waals surface area contributed by atoms with Crippen molar-refractivity contribution in [1.29, 1.82) is 0 Å². The van der Waals surface area contributed by atoms with Gasteiger partial charge in [-0.3, -0.25) is 14.4 Å². The van der Waals surface area contributed by atoms with Crippen molar-refractivity contribution in [3.8, 4) is 0 Å². The fourth-order valence-electron chi connectivity index (χ4n) is 7.37. The number of esters is 2. The Morgan fingerprint density at radius 1 is 0.900 bits per heavy atom. The van der Waals surface area contributed by atoms with E-state index in [0.717, 1.165) is 38.5 Å². The highest BCUT2D eigenvalue weighted by Gasteiger charge is 2.66. The van der Waals surface area contributed by atoms with Gasteiger partial charge in [-0.05, 0) is 62.7 Å². The van der Waals surface area contributed by atoms with E-state index in [9.17, 15) is 14.4 Å². The molecule has 0 bridgehead atoms. The molecule has 0 amide bonds. The van der Waals surface area contributed by atoms with E-state index in [0.29, 0.717) is 12.3 Å². The highest BCUT2D eigenvalue weighted by atomic mass is 16.6. The Morgan fingerprint density at radius 2 is 1.60 bits per heavy atom. The number of hydrogen-bond acceptors (Lipinski definition) is 5. The van der Waals surface area contributed by atoms with E-state index < -0.39 is 5.60 Å². The molecule has 2 unspecified atom stereocenters. The zero-order valence-corrected chi connectivity index (χ0v) is 18.9. The lowest BCUT2D eigenvalue weighted by Gasteiger charge is -2.56. The topological polar surface area (TPSA) is 69.7 Å². The number of allylic oxidation sites excluding steroid dienone is 3. The van der Waals surface area contributed by atoms with Crippen molar-refractivity contribution >= 4 is 17.7 Å². The second kappa shape index (κ2) is 7.06. The van der Waals surface area contributed by atoms with Gasteiger partial charge in [0, 0.05) is 25.7 Å². The summed E-state index contributed by atoms with van der Waals surface area (Å²) >= 11 is 0. The first kappa shape index (κ1) is 21.3. The van der Waals surface area contributed by atoms with Gasteiger partial charge in [0.1, 0.15) is 6.10 Å². The number of ether oxygens (including phenoxy) is 2. The first-order valence-electron chi connectivity index (χ1n) is 11.3. The molecule has 6 atom stereocenters. The van der Waals surface area contributed by atoms with E-state index in [1.165, 1.54) is 25.0 Å². The smallest absolute Gasteiger partial charge is 0.303 e. The summed E-state index contributed by atoms with van der Waals surface area (Å²) in [6.07, 6.45) is 10.5. The molecule has 164 valence electrons. The van der Waals surface area contributed by atoms with Crippen LogP contribution in [-0.4, -0.2) is 29.4 Å². The second-order valence-electron chi connectivity index (χ2n) is 10.3. The van der Waals surface area contributed by atoms with E-state index in [1.54, 1.807) is 6.92 Å². The number of hydrogen-bond donors (Lipinski definition) is 0. The van der Waals surface area contributed by atoms with Crippen LogP contribution in [0.5, 0.6) is 0 Å². The SMILES string of the molecule is CC(=O)O[C@H]1CC[C@@]2(C)C(=CC=C3C2CC[C@@]2(C)C3CC[C@@]2(OC(C)=O)C(C)=O)C1. The van der Waals surface area contributed by atoms with Gasteiger partial charge in [-0.25, -0.2) is 0 Å². The van der Waals surface area contributed by atoms with E-state index in [4.69, 9.17) is 9.47 Å². The third-order valence-corrected chi connectivity index (χ3v) is 8.87. The van der Waals surface area contributed by atoms with Crippen molar-refractivity contribution in [2.75, 3.05) is 0 Å². The van der Waals surface area contributed by atoms with Gasteiger partial charge in [0.15, 0.2) is 11.4 Å². The zero-order valence-electron chi connectivity index (χ0n) is 18.9. The minimum absolute atomic E-state index is 0.0218. The Hall–Kier alpha value is -1.91. The van der Waals surface area contributed by atoms with Crippen LogP contribution in [0.1, 0.15) is 79.6 Å². The zero-order chi connectivity index (χ0) is 21.9. The van der Waals surface area contributed by atoms with E-state index >= 15 is 0 Å². The summed E-state index contributed by atoms with van der Waals surface area (Å²) < 4.78 is 11.3. The fraction of sp³-hybridized carbons (Fsp3) is 0.720. The lowest BCUT2D eigenvalue weighted by atomic mass is 9.49. The molecule has 0 aromatic rings. The Kier molecular flexibility index (Phi) is 5.02. The van der Waals surface area contributed by atoms with Gasteiger partial charge in [-0.2, -0.15) is 0 Å². The first-order valence-corrected chi connectivity index (χ1v) is 11.3. The third kappa shape index (κ3) is 2.91. The predicted molar refractivity (Wildman–Crippen MR) is 112 cm³/mol. The van der Waals surface area contributed by atoms with Crippen LogP contribution in [0.4, 0.5) is 0 Å². The maximum Gasteiger partial charge on any atom is 0.303 e. The van der Waals surface area contributed by atoms with E-state index in [1.807, 2.05) is 0 Å². The summed E-state index contributed by atoms with van der Waals surface area (Å²) in [5.41, 5.74) is 1.52. The van der Waals surface area contributed by atoms with Crippen LogP contribution in [0.15, 0.2) is 23.3 Å². The van der Waals surface area contributed by atoms with Crippen molar-refractivity contribution in [3.63, 3.8) is 0 Å². The summed E-state index contributed by atoms with van der Waals surface area (Å²) in [5, 5.41) is 0. The van der Waals surface area contributed by atoms with E-state index in [2.05, 4.69) is 26.0 Å². The normalized spacial score (nSPS) is 42.1. The molecule has 4 aliphatic rings. The third-order valence-electron chi connectivity index (χ3n) is 8.87. The molecular formula is C25H34O5. The Morgan fingerprint density at radius 3 is 2.23 bits per heavy atom. The van der Waals surface area contributed by atoms with Crippen molar-refractivity contribution in [1.82, 2.24) is 0 Å². The highest BCUT2D eigenvalue weighted by Crippen LogP contribution is 2.66. The second-order valence-corrected chi connectivity index (χ2v) is 10.3. The van der Waals surface area contributed by atoms with Crippen LogP contribution < -0.4 is 0 Å². The fourth-order valence-corrected chi connectivity index (χ4v) is 7.37. The minimum Gasteiger partial charge on any atom is -0.462 e. The molecule has 0 N–H and O–H groups in total. The number of carbonyl (C=O) groups is 3. The van der Waals surface area contributed by atoms with Crippen molar-refractivity contribution in [2.24, 2.45) is 22.7 Å². The standard InChI is InChI=1S/C25H34O5/c1-15(26)25(30-17(3)28)13-10-22-20-7-6-18-14-19(29-16(2)27)8-11-23(18,4)21(20)9-12-24(22,25)5/h6-7,19,21-22H,8-14H2,1-5H3/t19-,21?,22?,23-,24-,25+/m0/s1. The molecule has 3 fully saturated rings. The molecule has 0 aliphatic heterocycles. The van der Waals surface area contributed by atoms with Crippen molar-refractivity contribution < 1.29 is 23.9 Å². The highest BCUT2D eigenvalue weighted by molar-refractivity contribution is 5.89. The first-order chi connectivity index (χ1) is 14.0. The molecule has 4 aliphatic carbocycles. The van der Waals surface area contributed by atoms with Crippen LogP contribution >= 0.6 is 0 Å². The summed E-state index contributed by atoms with van der Waals surface area (Å²) in [5.74, 6) is 0.0857. The molecule has 30 heavy (non-hydrogen) atoms. The number of carbonyl (C=O) groups excluding carboxylic acids is 3. The number of rotatable bonds is 3. The average Bonchev–Trinajstić information content (AvgIpc) is 2.94. The summed E-state index contributed by atoms with van der Waals surface area (Å²) in [4.78, 5) is 36.1. The number of fused-ring (bicyclic) bond motifs is 5. The maximum atomic E-state index is 12.8. The van der Waals surface area contributed by atoms with Crippen LogP contribution in [0.25, 0.3) is 0 Å². The Balaban J connectivity index is 1.68. The molecule has 5 nitrogen and oxygen atoms in total.